The second-order valence-corrected chi connectivity index (χ2v) is 6.73. The lowest BCUT2D eigenvalue weighted by Crippen LogP contribution is -2.33. The van der Waals surface area contributed by atoms with Gasteiger partial charge in [0.05, 0.1) is 37.4 Å². The van der Waals surface area contributed by atoms with Gasteiger partial charge in [0.1, 0.15) is 11.5 Å². The van der Waals surface area contributed by atoms with E-state index in [1.807, 2.05) is 30.3 Å². The third-order valence-corrected chi connectivity index (χ3v) is 4.89. The summed E-state index contributed by atoms with van der Waals surface area (Å²) in [6.07, 6.45) is 3.68. The summed E-state index contributed by atoms with van der Waals surface area (Å²) in [7, 11) is 2.99. The molecule has 7 heteroatoms. The molecule has 0 saturated heterocycles. The predicted molar refractivity (Wildman–Crippen MR) is 109 cm³/mol. The van der Waals surface area contributed by atoms with Gasteiger partial charge in [-0.05, 0) is 17.2 Å². The first-order valence-electron chi connectivity index (χ1n) is 8.72. The lowest BCUT2D eigenvalue weighted by Gasteiger charge is -2.32. The van der Waals surface area contributed by atoms with Crippen LogP contribution in [0.2, 0.25) is 5.02 Å². The molecule has 6 nitrogen and oxygen atoms in total. The van der Waals surface area contributed by atoms with Gasteiger partial charge in [-0.3, -0.25) is 9.59 Å². The number of nitrogens with zero attached hydrogens (tertiary/aromatic N) is 1. The molecule has 0 unspecified atom stereocenters. The first kappa shape index (κ1) is 19.8. The summed E-state index contributed by atoms with van der Waals surface area (Å²) in [6, 6.07) is 10.5. The Kier molecular flexibility index (Phi) is 5.90. The number of anilines is 1. The van der Waals surface area contributed by atoms with Crippen molar-refractivity contribution in [1.29, 1.82) is 0 Å². The van der Waals surface area contributed by atoms with Crippen LogP contribution in [0.25, 0.3) is 6.08 Å². The maximum absolute atomic E-state index is 12.8. The molecule has 0 radical (unpaired) electrons. The molecule has 2 aromatic carbocycles. The number of fused-ring (bicyclic) bond motifs is 1. The zero-order valence-electron chi connectivity index (χ0n) is 15.9. The van der Waals surface area contributed by atoms with E-state index in [4.69, 9.17) is 21.1 Å². The number of carbonyl (C=O) groups is 2. The molecule has 0 aliphatic carbocycles. The Morgan fingerprint density at radius 1 is 1.14 bits per heavy atom. The van der Waals surface area contributed by atoms with Crippen LogP contribution in [0, 0.1) is 0 Å². The Bertz CT molecular complexity index is 942. The van der Waals surface area contributed by atoms with Gasteiger partial charge in [0, 0.05) is 25.3 Å². The fourth-order valence-electron chi connectivity index (χ4n) is 3.25. The maximum Gasteiger partial charge on any atom is 0.226 e. The molecule has 1 aliphatic rings. The van der Waals surface area contributed by atoms with Crippen LogP contribution >= 0.6 is 11.6 Å². The molecule has 2 amide bonds. The van der Waals surface area contributed by atoms with Gasteiger partial charge in [0.25, 0.3) is 0 Å². The number of rotatable bonds is 5. The van der Waals surface area contributed by atoms with Crippen LogP contribution in [0.1, 0.15) is 30.5 Å². The van der Waals surface area contributed by atoms with Gasteiger partial charge in [-0.1, -0.05) is 35.9 Å². The van der Waals surface area contributed by atoms with Crippen molar-refractivity contribution in [3.8, 4) is 11.5 Å². The van der Waals surface area contributed by atoms with Gasteiger partial charge < -0.3 is 19.7 Å². The van der Waals surface area contributed by atoms with E-state index in [-0.39, 0.29) is 24.3 Å². The highest BCUT2D eigenvalue weighted by molar-refractivity contribution is 6.32. The topological polar surface area (TPSA) is 67.9 Å². The minimum atomic E-state index is -0.390. The van der Waals surface area contributed by atoms with Gasteiger partial charge in [-0.15, -0.1) is 0 Å². The van der Waals surface area contributed by atoms with E-state index < -0.39 is 0 Å². The van der Waals surface area contributed by atoms with E-state index >= 15 is 0 Å². The molecule has 0 saturated carbocycles. The molecule has 146 valence electrons. The van der Waals surface area contributed by atoms with E-state index in [1.165, 1.54) is 21.1 Å². The Balaban J connectivity index is 1.86. The number of carbonyl (C=O) groups excluding carboxylic acids is 2. The Hall–Kier alpha value is -2.99. The van der Waals surface area contributed by atoms with Crippen molar-refractivity contribution in [1.82, 2.24) is 4.90 Å². The summed E-state index contributed by atoms with van der Waals surface area (Å²) in [5, 5.41) is 3.22. The third-order valence-electron chi connectivity index (χ3n) is 4.60. The second-order valence-electron chi connectivity index (χ2n) is 6.33. The van der Waals surface area contributed by atoms with Gasteiger partial charge in [-0.25, -0.2) is 0 Å². The van der Waals surface area contributed by atoms with Gasteiger partial charge in [-0.2, -0.15) is 0 Å². The molecule has 0 bridgehead atoms. The average Bonchev–Trinajstić information content (AvgIpc) is 2.68. The Morgan fingerprint density at radius 2 is 1.86 bits per heavy atom. The summed E-state index contributed by atoms with van der Waals surface area (Å²) >= 11 is 6.11. The fraction of sp³-hybridized carbons (Fsp3) is 0.238. The lowest BCUT2D eigenvalue weighted by molar-refractivity contribution is -0.129. The van der Waals surface area contributed by atoms with Crippen LogP contribution in [0.3, 0.4) is 0 Å². The summed E-state index contributed by atoms with van der Waals surface area (Å²) in [5.74, 6) is 0.457. The van der Waals surface area contributed by atoms with Crippen LogP contribution < -0.4 is 14.8 Å². The summed E-state index contributed by atoms with van der Waals surface area (Å²) in [5.41, 5.74) is 2.36. The molecular formula is C21H21ClN2O4. The van der Waals surface area contributed by atoms with Crippen LogP contribution in [-0.4, -0.2) is 30.9 Å². The predicted octanol–water partition coefficient (Wildman–Crippen LogP) is 4.26. The van der Waals surface area contributed by atoms with Crippen LogP contribution in [0.4, 0.5) is 5.69 Å². The Morgan fingerprint density at radius 3 is 2.54 bits per heavy atom. The molecular weight excluding hydrogens is 380 g/mol. The van der Waals surface area contributed by atoms with E-state index in [2.05, 4.69) is 5.32 Å². The molecule has 1 aliphatic heterocycles. The van der Waals surface area contributed by atoms with Crippen LogP contribution in [-0.2, 0) is 9.59 Å². The molecule has 1 heterocycles. The first-order chi connectivity index (χ1) is 13.4. The van der Waals surface area contributed by atoms with Crippen molar-refractivity contribution in [3.63, 3.8) is 0 Å². The molecule has 28 heavy (non-hydrogen) atoms. The fourth-order valence-corrected chi connectivity index (χ4v) is 3.48. The van der Waals surface area contributed by atoms with Gasteiger partial charge in [0.2, 0.25) is 11.8 Å². The van der Waals surface area contributed by atoms with E-state index in [9.17, 15) is 9.59 Å². The Labute approximate surface area is 168 Å². The molecule has 3 rings (SSSR count). The van der Waals surface area contributed by atoms with Crippen molar-refractivity contribution < 1.29 is 19.1 Å². The monoisotopic (exact) mass is 400 g/mol. The van der Waals surface area contributed by atoms with E-state index in [0.29, 0.717) is 22.2 Å². The average molecular weight is 401 g/mol. The summed E-state index contributed by atoms with van der Waals surface area (Å²) in [4.78, 5) is 26.5. The first-order valence-corrected chi connectivity index (χ1v) is 9.09. The van der Waals surface area contributed by atoms with E-state index in [0.717, 1.165) is 11.1 Å². The van der Waals surface area contributed by atoms with Crippen LogP contribution in [0.5, 0.6) is 11.5 Å². The minimum Gasteiger partial charge on any atom is -0.495 e. The number of methoxy groups -OCH3 is 2. The minimum absolute atomic E-state index is 0.0923. The zero-order valence-corrected chi connectivity index (χ0v) is 16.6. The summed E-state index contributed by atoms with van der Waals surface area (Å²) in [6.45, 7) is 1.48. The van der Waals surface area contributed by atoms with Crippen molar-refractivity contribution in [3.05, 3.63) is 58.7 Å². The summed E-state index contributed by atoms with van der Waals surface area (Å²) < 4.78 is 10.5. The highest BCUT2D eigenvalue weighted by Crippen LogP contribution is 2.37. The number of amides is 2. The number of halogens is 1. The quantitative estimate of drug-likeness (QED) is 0.814. The number of ether oxygens (including phenoxy) is 2. The van der Waals surface area contributed by atoms with Gasteiger partial charge in [0.15, 0.2) is 0 Å². The molecule has 1 N–H and O–H groups in total. The normalized spacial score (nSPS) is 15.0. The highest BCUT2D eigenvalue weighted by Gasteiger charge is 2.28. The smallest absolute Gasteiger partial charge is 0.226 e. The number of benzene rings is 2. The SMILES string of the molecule is COc1cc(NC(=O)C[C@H]2c3ccccc3C=CN2C(C)=O)c(OC)cc1Cl. The second kappa shape index (κ2) is 8.35. The van der Waals surface area contributed by atoms with Crippen molar-refractivity contribution in [2.75, 3.05) is 19.5 Å². The maximum atomic E-state index is 12.8. The molecule has 2 aromatic rings. The third kappa shape index (κ3) is 3.97. The van der Waals surface area contributed by atoms with Gasteiger partial charge >= 0.3 is 0 Å². The zero-order chi connectivity index (χ0) is 20.3. The van der Waals surface area contributed by atoms with Crippen molar-refractivity contribution in [2.24, 2.45) is 0 Å². The van der Waals surface area contributed by atoms with Crippen molar-refractivity contribution >= 4 is 35.2 Å². The molecule has 1 atom stereocenters. The van der Waals surface area contributed by atoms with Crippen LogP contribution in [0.15, 0.2) is 42.6 Å². The molecule has 0 fully saturated rings. The number of hydrogen-bond acceptors (Lipinski definition) is 4. The standard InChI is InChI=1S/C21H21ClN2O4/c1-13(25)24-9-8-14-6-4-5-7-15(14)18(24)12-21(26)23-17-11-19(27-2)16(22)10-20(17)28-3/h4-11,18H,12H2,1-3H3,(H,23,26)/t18-/m0/s1. The molecule has 0 spiro atoms. The number of hydrogen-bond donors (Lipinski definition) is 1. The number of nitrogens with one attached hydrogen (secondary N) is 1. The largest absolute Gasteiger partial charge is 0.495 e. The van der Waals surface area contributed by atoms with E-state index in [1.54, 1.807) is 23.2 Å². The molecule has 0 aromatic heterocycles. The van der Waals surface area contributed by atoms with Crippen molar-refractivity contribution in [2.45, 2.75) is 19.4 Å². The highest BCUT2D eigenvalue weighted by atomic mass is 35.5. The lowest BCUT2D eigenvalue weighted by atomic mass is 9.93.